The van der Waals surface area contributed by atoms with Crippen molar-refractivity contribution in [2.24, 2.45) is 5.92 Å². The van der Waals surface area contributed by atoms with Gasteiger partial charge in [-0.25, -0.2) is 9.29 Å². The Kier molecular flexibility index (Phi) is 10.1. The maximum absolute atomic E-state index is 13.3. The van der Waals surface area contributed by atoms with Crippen molar-refractivity contribution < 1.29 is 19.1 Å². The molecular weight excluding hydrogens is 655 g/mol. The number of rotatable bonds is 9. The molecule has 3 amide bonds. The summed E-state index contributed by atoms with van der Waals surface area (Å²) in [6.07, 6.45) is 9.66. The monoisotopic (exact) mass is 695 g/mol. The molecule has 260 valence electrons. The highest BCUT2D eigenvalue weighted by molar-refractivity contribution is 7.99. The van der Waals surface area contributed by atoms with Crippen molar-refractivity contribution in [1.82, 2.24) is 29.1 Å². The van der Waals surface area contributed by atoms with Gasteiger partial charge in [0.1, 0.15) is 5.76 Å². The molecule has 14 heteroatoms. The zero-order chi connectivity index (χ0) is 34.6. The van der Waals surface area contributed by atoms with Crippen LogP contribution in [0, 0.1) is 11.3 Å². The van der Waals surface area contributed by atoms with E-state index in [-0.39, 0.29) is 23.6 Å². The molecule has 1 aliphatic carbocycles. The summed E-state index contributed by atoms with van der Waals surface area (Å²) in [6.45, 7) is 6.99. The minimum atomic E-state index is -0.363. The number of piperazine rings is 1. The van der Waals surface area contributed by atoms with Crippen molar-refractivity contribution in [2.45, 2.75) is 31.6 Å². The Morgan fingerprint density at radius 2 is 1.84 bits per heavy atom. The standard InChI is InChI=1S/C36H41N9O4S/c1-49-31-20-30(37)26(19-29(31)36(48)40-33-21-38-32-3-2-12-39-45(32)33)23-50-44-13-10-24(11-14-44)22-42-15-17-43(18-16-42)27-6-4-25(5-7-27)28-8-9-34(46)41-35(28)47/h2-7,12,19-21,23-24,28,37H,8-11,13-18,22H2,1H3,(H,40,48)(H,41,46,47)/b26-23-,37-30?. The minimum Gasteiger partial charge on any atom is -0.496 e. The summed E-state index contributed by atoms with van der Waals surface area (Å²) in [5.74, 6) is 0.431. The molecule has 1 aromatic carbocycles. The van der Waals surface area contributed by atoms with Crippen LogP contribution in [0.25, 0.3) is 5.65 Å². The lowest BCUT2D eigenvalue weighted by atomic mass is 9.90. The largest absolute Gasteiger partial charge is 0.496 e. The summed E-state index contributed by atoms with van der Waals surface area (Å²) in [5, 5.41) is 20.1. The number of ether oxygens (including phenoxy) is 1. The Hall–Kier alpha value is -4.79. The number of nitrogens with one attached hydrogen (secondary N) is 3. The molecule has 7 rings (SSSR count). The molecule has 5 heterocycles. The molecule has 4 aliphatic rings. The van der Waals surface area contributed by atoms with Crippen LogP contribution in [0.15, 0.2) is 83.3 Å². The molecule has 2 aromatic heterocycles. The molecule has 3 fully saturated rings. The minimum absolute atomic E-state index is 0.186. The van der Waals surface area contributed by atoms with Gasteiger partial charge in [-0.3, -0.25) is 24.6 Å². The van der Waals surface area contributed by atoms with Crippen LogP contribution in [0.5, 0.6) is 0 Å². The highest BCUT2D eigenvalue weighted by atomic mass is 32.2. The van der Waals surface area contributed by atoms with Crippen molar-refractivity contribution in [3.8, 4) is 0 Å². The lowest BCUT2D eigenvalue weighted by molar-refractivity contribution is -0.134. The summed E-state index contributed by atoms with van der Waals surface area (Å²) in [7, 11) is 1.49. The Labute approximate surface area is 295 Å². The molecule has 0 saturated carbocycles. The Bertz CT molecular complexity index is 1870. The van der Waals surface area contributed by atoms with E-state index in [0.29, 0.717) is 52.8 Å². The van der Waals surface area contributed by atoms with Gasteiger partial charge >= 0.3 is 0 Å². The van der Waals surface area contributed by atoms with Crippen LogP contribution < -0.4 is 15.5 Å². The molecular formula is C36H41N9O4S. The number of piperidine rings is 2. The Balaban J connectivity index is 0.872. The summed E-state index contributed by atoms with van der Waals surface area (Å²) < 4.78 is 9.35. The number of aromatic nitrogens is 3. The van der Waals surface area contributed by atoms with Crippen LogP contribution >= 0.6 is 11.9 Å². The third-order valence-corrected chi connectivity index (χ3v) is 10.8. The first-order valence-corrected chi connectivity index (χ1v) is 17.9. The maximum atomic E-state index is 13.3. The average Bonchev–Trinajstić information content (AvgIpc) is 3.54. The fourth-order valence-electron chi connectivity index (χ4n) is 6.95. The fourth-order valence-corrected chi connectivity index (χ4v) is 7.83. The second-order valence-corrected chi connectivity index (χ2v) is 14.0. The lowest BCUT2D eigenvalue weighted by Gasteiger charge is -2.39. The number of carbonyl (C=O) groups is 3. The zero-order valence-electron chi connectivity index (χ0n) is 28.0. The third kappa shape index (κ3) is 7.52. The number of carbonyl (C=O) groups excluding carboxylic acids is 3. The Morgan fingerprint density at radius 3 is 2.58 bits per heavy atom. The quantitative estimate of drug-likeness (QED) is 0.223. The van der Waals surface area contributed by atoms with E-state index < -0.39 is 0 Å². The summed E-state index contributed by atoms with van der Waals surface area (Å²) in [4.78, 5) is 46.3. The first-order chi connectivity index (χ1) is 24.3. The number of allylic oxidation sites excluding steroid dienone is 3. The molecule has 13 nitrogen and oxygen atoms in total. The third-order valence-electron chi connectivity index (χ3n) is 9.83. The van der Waals surface area contributed by atoms with Crippen LogP contribution in [0.2, 0.25) is 0 Å². The molecule has 3 saturated heterocycles. The van der Waals surface area contributed by atoms with Crippen LogP contribution in [-0.2, 0) is 19.1 Å². The number of amides is 3. The number of imidazole rings is 1. The molecule has 3 aromatic rings. The topological polar surface area (TPSA) is 148 Å². The highest BCUT2D eigenvalue weighted by Gasteiger charge is 2.29. The van der Waals surface area contributed by atoms with E-state index in [2.05, 4.69) is 47.0 Å². The van der Waals surface area contributed by atoms with Crippen molar-refractivity contribution in [3.05, 3.63) is 88.8 Å². The predicted octanol–water partition coefficient (Wildman–Crippen LogP) is 3.74. The zero-order valence-corrected chi connectivity index (χ0v) is 28.8. The second-order valence-electron chi connectivity index (χ2n) is 13.0. The maximum Gasteiger partial charge on any atom is 0.260 e. The molecule has 3 N–H and O–H groups in total. The van der Waals surface area contributed by atoms with Gasteiger partial charge in [-0.2, -0.15) is 9.61 Å². The number of imide groups is 1. The molecule has 0 spiro atoms. The first kappa shape index (κ1) is 33.7. The smallest absolute Gasteiger partial charge is 0.260 e. The number of benzene rings is 1. The summed E-state index contributed by atoms with van der Waals surface area (Å²) >= 11 is 1.60. The first-order valence-electron chi connectivity index (χ1n) is 17.0. The van der Waals surface area contributed by atoms with E-state index in [4.69, 9.17) is 10.1 Å². The van der Waals surface area contributed by atoms with E-state index in [0.717, 1.165) is 64.2 Å². The van der Waals surface area contributed by atoms with Gasteiger partial charge in [0.25, 0.3) is 5.91 Å². The van der Waals surface area contributed by atoms with Gasteiger partial charge in [0.2, 0.25) is 11.8 Å². The van der Waals surface area contributed by atoms with Gasteiger partial charge in [-0.1, -0.05) is 12.1 Å². The molecule has 1 atom stereocenters. The van der Waals surface area contributed by atoms with Crippen LogP contribution in [0.4, 0.5) is 11.5 Å². The Morgan fingerprint density at radius 1 is 1.06 bits per heavy atom. The van der Waals surface area contributed by atoms with Crippen molar-refractivity contribution in [2.75, 3.05) is 63.1 Å². The van der Waals surface area contributed by atoms with Gasteiger partial charge in [0.15, 0.2) is 11.5 Å². The van der Waals surface area contributed by atoms with E-state index in [1.165, 1.54) is 12.8 Å². The molecule has 50 heavy (non-hydrogen) atoms. The summed E-state index contributed by atoms with van der Waals surface area (Å²) in [6, 6.07) is 11.9. The van der Waals surface area contributed by atoms with Crippen molar-refractivity contribution in [1.29, 1.82) is 5.41 Å². The normalized spacial score (nSPS) is 22.0. The van der Waals surface area contributed by atoms with Gasteiger partial charge < -0.3 is 20.4 Å². The van der Waals surface area contributed by atoms with Crippen molar-refractivity contribution in [3.63, 3.8) is 0 Å². The number of fused-ring (bicyclic) bond motifs is 1. The van der Waals surface area contributed by atoms with E-state index in [1.54, 1.807) is 47.1 Å². The number of nitrogens with zero attached hydrogens (tertiary/aromatic N) is 6. The number of hydrogen-bond donors (Lipinski definition) is 3. The predicted molar refractivity (Wildman–Crippen MR) is 193 cm³/mol. The number of anilines is 2. The van der Waals surface area contributed by atoms with Crippen LogP contribution in [0.3, 0.4) is 0 Å². The molecule has 0 bridgehead atoms. The SMILES string of the molecule is COC1=CC(=N)/C(=C\SN2CCC(CN3CCN(c4ccc(C5CCC(=O)NC5=O)cc4)CC3)CC2)C=C1C(=O)Nc1cnc2cccnn12. The highest BCUT2D eigenvalue weighted by Crippen LogP contribution is 2.30. The molecule has 3 aliphatic heterocycles. The lowest BCUT2D eigenvalue weighted by Crippen LogP contribution is -2.48. The second kappa shape index (κ2) is 15.0. The van der Waals surface area contributed by atoms with Gasteiger partial charge in [-0.05, 0) is 78.4 Å². The van der Waals surface area contributed by atoms with Gasteiger partial charge in [-0.15, -0.1) is 0 Å². The average molecular weight is 696 g/mol. The van der Waals surface area contributed by atoms with Crippen LogP contribution in [0.1, 0.15) is 37.2 Å². The van der Waals surface area contributed by atoms with E-state index in [9.17, 15) is 14.4 Å². The van der Waals surface area contributed by atoms with Gasteiger partial charge in [0, 0.05) is 75.8 Å². The fraction of sp³-hybridized carbons (Fsp3) is 0.389. The van der Waals surface area contributed by atoms with Gasteiger partial charge in [0.05, 0.1) is 30.5 Å². The van der Waals surface area contributed by atoms with E-state index in [1.807, 2.05) is 23.6 Å². The summed E-state index contributed by atoms with van der Waals surface area (Å²) in [5.41, 5.74) is 4.05. The molecule has 0 radical (unpaired) electrons. The number of hydrogen-bond acceptors (Lipinski definition) is 11. The van der Waals surface area contributed by atoms with Crippen LogP contribution in [-0.4, -0.2) is 100 Å². The number of methoxy groups -OCH3 is 1. The van der Waals surface area contributed by atoms with E-state index >= 15 is 0 Å². The molecule has 1 unspecified atom stereocenters. The van der Waals surface area contributed by atoms with Crippen molar-refractivity contribution >= 4 is 52.5 Å².